The van der Waals surface area contributed by atoms with Gasteiger partial charge in [0.1, 0.15) is 23.3 Å². The lowest BCUT2D eigenvalue weighted by Gasteiger charge is -2.23. The van der Waals surface area contributed by atoms with Crippen molar-refractivity contribution in [1.82, 2.24) is 5.32 Å². The molecular weight excluding hydrogens is 368 g/mol. The normalized spacial score (nSPS) is 15.5. The predicted molar refractivity (Wildman–Crippen MR) is 96.8 cm³/mol. The van der Waals surface area contributed by atoms with Crippen LogP contribution in [0.1, 0.15) is 53.2 Å². The lowest BCUT2D eigenvalue weighted by molar-refractivity contribution is -0.130. The maximum Gasteiger partial charge on any atom is 0.339 e. The predicted octanol–water partition coefficient (Wildman–Crippen LogP) is 3.60. The first-order valence-electron chi connectivity index (χ1n) is 8.87. The number of ketones is 1. The third-order valence-corrected chi connectivity index (χ3v) is 4.84. The molecular formula is C21H19F2NO4. The fourth-order valence-corrected chi connectivity index (χ4v) is 3.39. The second-order valence-corrected chi connectivity index (χ2v) is 6.93. The number of aromatic carboxylic acids is 1. The van der Waals surface area contributed by atoms with Crippen molar-refractivity contribution >= 4 is 17.7 Å². The third-order valence-electron chi connectivity index (χ3n) is 4.84. The molecule has 1 saturated carbocycles. The highest BCUT2D eigenvalue weighted by Crippen LogP contribution is 2.41. The number of benzene rings is 2. The first-order chi connectivity index (χ1) is 13.3. The second kappa shape index (κ2) is 7.88. The van der Waals surface area contributed by atoms with Gasteiger partial charge in [-0.15, -0.1) is 0 Å². The van der Waals surface area contributed by atoms with Crippen LogP contribution in [0.2, 0.25) is 0 Å². The number of rotatable bonds is 7. The molecule has 0 saturated heterocycles. The summed E-state index contributed by atoms with van der Waals surface area (Å²) < 4.78 is 27.6. The van der Waals surface area contributed by atoms with E-state index in [1.807, 2.05) is 0 Å². The lowest BCUT2D eigenvalue weighted by atomic mass is 9.89. The number of amides is 1. The Morgan fingerprint density at radius 2 is 1.79 bits per heavy atom. The van der Waals surface area contributed by atoms with Gasteiger partial charge in [0, 0.05) is 0 Å². The zero-order valence-corrected chi connectivity index (χ0v) is 15.1. The first-order valence-corrected chi connectivity index (χ1v) is 8.87. The number of nitrogens with one attached hydrogen (secondary N) is 1. The van der Waals surface area contributed by atoms with E-state index in [-0.39, 0.29) is 11.5 Å². The molecule has 0 aromatic heterocycles. The van der Waals surface area contributed by atoms with Gasteiger partial charge in [-0.05, 0) is 55.0 Å². The van der Waals surface area contributed by atoms with Gasteiger partial charge in [0.15, 0.2) is 0 Å². The van der Waals surface area contributed by atoms with Crippen LogP contribution in [-0.2, 0) is 9.59 Å². The Kier molecular flexibility index (Phi) is 5.53. The highest BCUT2D eigenvalue weighted by atomic mass is 19.1. The van der Waals surface area contributed by atoms with E-state index in [4.69, 9.17) is 0 Å². The molecule has 1 amide bonds. The standard InChI is InChI=1S/C21H19F2NO4/c1-11(25)17(15-6-3-7-16(23)18(15)21(27)28)20(26)24-19(12-8-9-12)13-4-2-5-14(22)10-13/h2-7,10,12,17,19H,8-9H2,1H3,(H,24,26)(H,27,28)/t17?,19-/m0/s1. The Balaban J connectivity index is 1.95. The average Bonchev–Trinajstić information content (AvgIpc) is 3.44. The van der Waals surface area contributed by atoms with Crippen LogP contribution >= 0.6 is 0 Å². The molecule has 3 rings (SSSR count). The minimum atomic E-state index is -1.56. The van der Waals surface area contributed by atoms with Crippen LogP contribution in [0.3, 0.4) is 0 Å². The molecule has 28 heavy (non-hydrogen) atoms. The van der Waals surface area contributed by atoms with Crippen molar-refractivity contribution in [3.63, 3.8) is 0 Å². The molecule has 146 valence electrons. The fraction of sp³-hybridized carbons (Fsp3) is 0.286. The average molecular weight is 387 g/mol. The summed E-state index contributed by atoms with van der Waals surface area (Å²) in [7, 11) is 0. The van der Waals surface area contributed by atoms with Crippen molar-refractivity contribution in [2.24, 2.45) is 5.92 Å². The number of halogens is 2. The monoisotopic (exact) mass is 387 g/mol. The van der Waals surface area contributed by atoms with E-state index in [1.165, 1.54) is 30.3 Å². The van der Waals surface area contributed by atoms with E-state index in [1.54, 1.807) is 6.07 Å². The molecule has 2 aromatic rings. The van der Waals surface area contributed by atoms with Crippen LogP contribution in [0.15, 0.2) is 42.5 Å². The quantitative estimate of drug-likeness (QED) is 0.711. The zero-order valence-electron chi connectivity index (χ0n) is 15.1. The van der Waals surface area contributed by atoms with E-state index in [0.29, 0.717) is 5.56 Å². The van der Waals surface area contributed by atoms with Gasteiger partial charge in [-0.25, -0.2) is 13.6 Å². The number of Topliss-reactive ketones (excluding diaryl/α,β-unsaturated/α-hetero) is 1. The molecule has 0 heterocycles. The number of hydrogen-bond acceptors (Lipinski definition) is 3. The largest absolute Gasteiger partial charge is 0.478 e. The number of hydrogen-bond donors (Lipinski definition) is 2. The van der Waals surface area contributed by atoms with E-state index in [9.17, 15) is 28.3 Å². The van der Waals surface area contributed by atoms with Crippen LogP contribution in [0.5, 0.6) is 0 Å². The van der Waals surface area contributed by atoms with Crippen LogP contribution in [0, 0.1) is 17.6 Å². The lowest BCUT2D eigenvalue weighted by Crippen LogP contribution is -2.37. The van der Waals surface area contributed by atoms with E-state index < -0.39 is 46.8 Å². The number of carbonyl (C=O) groups is 3. The molecule has 0 spiro atoms. The second-order valence-electron chi connectivity index (χ2n) is 6.93. The maximum absolute atomic E-state index is 14.0. The summed E-state index contributed by atoms with van der Waals surface area (Å²) in [5, 5.41) is 12.1. The molecule has 1 fully saturated rings. The number of carboxylic acid groups (broad SMARTS) is 1. The molecule has 2 N–H and O–H groups in total. The topological polar surface area (TPSA) is 83.5 Å². The molecule has 1 aliphatic carbocycles. The number of carbonyl (C=O) groups excluding carboxylic acids is 2. The molecule has 0 bridgehead atoms. The number of carboxylic acids is 1. The van der Waals surface area contributed by atoms with Gasteiger partial charge >= 0.3 is 5.97 Å². The Morgan fingerprint density at radius 3 is 2.36 bits per heavy atom. The minimum absolute atomic E-state index is 0.102. The smallest absolute Gasteiger partial charge is 0.339 e. The summed E-state index contributed by atoms with van der Waals surface area (Å²) in [5.41, 5.74) is -0.339. The summed E-state index contributed by atoms with van der Waals surface area (Å²) in [5.74, 6) is -5.75. The molecule has 1 unspecified atom stereocenters. The van der Waals surface area contributed by atoms with E-state index >= 15 is 0 Å². The van der Waals surface area contributed by atoms with Gasteiger partial charge in [0.05, 0.1) is 11.6 Å². The minimum Gasteiger partial charge on any atom is -0.478 e. The van der Waals surface area contributed by atoms with Crippen molar-refractivity contribution in [1.29, 1.82) is 0 Å². The highest BCUT2D eigenvalue weighted by Gasteiger charge is 2.37. The van der Waals surface area contributed by atoms with Crippen molar-refractivity contribution in [3.8, 4) is 0 Å². The Morgan fingerprint density at radius 1 is 1.11 bits per heavy atom. The molecule has 0 aliphatic heterocycles. The Labute approximate surface area is 160 Å². The maximum atomic E-state index is 14.0. The van der Waals surface area contributed by atoms with Gasteiger partial charge in [-0.3, -0.25) is 9.59 Å². The Bertz CT molecular complexity index is 940. The summed E-state index contributed by atoms with van der Waals surface area (Å²) in [4.78, 5) is 36.6. The summed E-state index contributed by atoms with van der Waals surface area (Å²) in [6, 6.07) is 8.78. The van der Waals surface area contributed by atoms with Crippen LogP contribution in [0.4, 0.5) is 8.78 Å². The van der Waals surface area contributed by atoms with Gasteiger partial charge < -0.3 is 10.4 Å². The summed E-state index contributed by atoms with van der Waals surface area (Å²) in [6.45, 7) is 1.15. The Hall–Kier alpha value is -3.09. The molecule has 0 radical (unpaired) electrons. The van der Waals surface area contributed by atoms with Gasteiger partial charge in [-0.2, -0.15) is 0 Å². The van der Waals surface area contributed by atoms with Crippen molar-refractivity contribution in [2.45, 2.75) is 31.7 Å². The van der Waals surface area contributed by atoms with Gasteiger partial charge in [-0.1, -0.05) is 24.3 Å². The highest BCUT2D eigenvalue weighted by molar-refractivity contribution is 6.08. The van der Waals surface area contributed by atoms with Crippen LogP contribution < -0.4 is 5.32 Å². The summed E-state index contributed by atoms with van der Waals surface area (Å²) >= 11 is 0. The fourth-order valence-electron chi connectivity index (χ4n) is 3.39. The molecule has 2 aromatic carbocycles. The molecule has 2 atom stereocenters. The third kappa shape index (κ3) is 4.08. The van der Waals surface area contributed by atoms with Crippen molar-refractivity contribution in [3.05, 3.63) is 70.8 Å². The van der Waals surface area contributed by atoms with Crippen molar-refractivity contribution < 1.29 is 28.3 Å². The van der Waals surface area contributed by atoms with E-state index in [2.05, 4.69) is 5.32 Å². The van der Waals surface area contributed by atoms with Crippen molar-refractivity contribution in [2.75, 3.05) is 0 Å². The zero-order chi connectivity index (χ0) is 20.4. The van der Waals surface area contributed by atoms with E-state index in [0.717, 1.165) is 25.8 Å². The molecule has 1 aliphatic rings. The van der Waals surface area contributed by atoms with Gasteiger partial charge in [0.2, 0.25) is 5.91 Å². The SMILES string of the molecule is CC(=O)C(C(=O)N[C@H](c1cccc(F)c1)C1CC1)c1cccc(F)c1C(=O)O. The van der Waals surface area contributed by atoms with Crippen LogP contribution in [-0.4, -0.2) is 22.8 Å². The summed E-state index contributed by atoms with van der Waals surface area (Å²) in [6.07, 6.45) is 1.68. The molecule has 7 heteroatoms. The molecule has 5 nitrogen and oxygen atoms in total. The van der Waals surface area contributed by atoms with Gasteiger partial charge in [0.25, 0.3) is 0 Å². The van der Waals surface area contributed by atoms with Crippen LogP contribution in [0.25, 0.3) is 0 Å². The first kappa shape index (κ1) is 19.7.